The molecule has 3 N–H and O–H groups in total. The highest BCUT2D eigenvalue weighted by Crippen LogP contribution is 2.50. The standard InChI is InChI=1S/C26H21F3N4O4S/c1-13-4-3-5-16(10-13)32-23(35)21-20(14-6-8-15(9-7-14)26(27,28)29)17(12-30)22(31)33-24(36)18(38-25(21)33)11-19(34)37-2/h3-10,18,20H,11,31H2,1-2H3,(H,32,35)/t18-,20+/m0/s1. The summed E-state index contributed by atoms with van der Waals surface area (Å²) in [6.45, 7) is 1.82. The maximum Gasteiger partial charge on any atom is 0.416 e. The third-order valence-electron chi connectivity index (χ3n) is 6.07. The van der Waals surface area contributed by atoms with Crippen LogP contribution in [0.1, 0.15) is 29.0 Å². The van der Waals surface area contributed by atoms with Crippen molar-refractivity contribution in [3.05, 3.63) is 87.2 Å². The Kier molecular flexibility index (Phi) is 7.24. The number of benzene rings is 2. The van der Waals surface area contributed by atoms with Crippen LogP contribution in [0.3, 0.4) is 0 Å². The lowest BCUT2D eigenvalue weighted by Crippen LogP contribution is -2.39. The third-order valence-corrected chi connectivity index (χ3v) is 7.35. The normalized spacial score (nSPS) is 19.3. The second-order valence-electron chi connectivity index (χ2n) is 8.57. The number of nitrogens with two attached hydrogens (primary N) is 1. The van der Waals surface area contributed by atoms with Crippen LogP contribution in [0.25, 0.3) is 0 Å². The molecule has 0 aliphatic carbocycles. The maximum absolute atomic E-state index is 13.7. The van der Waals surface area contributed by atoms with Crippen LogP contribution in [0, 0.1) is 18.3 Å². The lowest BCUT2D eigenvalue weighted by molar-refractivity contribution is -0.142. The highest BCUT2D eigenvalue weighted by molar-refractivity contribution is 8.04. The van der Waals surface area contributed by atoms with E-state index >= 15 is 0 Å². The zero-order chi connectivity index (χ0) is 27.8. The van der Waals surface area contributed by atoms with Gasteiger partial charge in [0.1, 0.15) is 11.1 Å². The molecule has 2 aliphatic heterocycles. The number of hydrogen-bond donors (Lipinski definition) is 2. The molecule has 0 unspecified atom stereocenters. The van der Waals surface area contributed by atoms with Gasteiger partial charge in [0.25, 0.3) is 5.91 Å². The van der Waals surface area contributed by atoms with Crippen LogP contribution in [0.4, 0.5) is 18.9 Å². The molecule has 2 aromatic carbocycles. The van der Waals surface area contributed by atoms with Crippen LogP contribution in [0.15, 0.2) is 70.5 Å². The number of allylic oxidation sites excluding steroid dienone is 1. The number of rotatable bonds is 5. The van der Waals surface area contributed by atoms with Gasteiger partial charge in [0.15, 0.2) is 0 Å². The molecule has 0 spiro atoms. The van der Waals surface area contributed by atoms with E-state index in [1.54, 1.807) is 18.2 Å². The van der Waals surface area contributed by atoms with Gasteiger partial charge in [-0.05, 0) is 42.3 Å². The lowest BCUT2D eigenvalue weighted by atomic mass is 9.82. The number of anilines is 1. The van der Waals surface area contributed by atoms with Crippen LogP contribution in [0.2, 0.25) is 0 Å². The molecular weight excluding hydrogens is 521 g/mol. The fraction of sp³-hybridized carbons (Fsp3) is 0.231. The summed E-state index contributed by atoms with van der Waals surface area (Å²) in [6.07, 6.45) is -4.90. The van der Waals surface area contributed by atoms with E-state index in [1.807, 2.05) is 19.1 Å². The quantitative estimate of drug-likeness (QED) is 0.544. The van der Waals surface area contributed by atoms with Crippen molar-refractivity contribution in [2.45, 2.75) is 30.7 Å². The number of thioether (sulfide) groups is 1. The molecule has 1 saturated heterocycles. The Morgan fingerprint density at radius 2 is 1.89 bits per heavy atom. The molecule has 1 fully saturated rings. The van der Waals surface area contributed by atoms with Gasteiger partial charge in [-0.1, -0.05) is 36.0 Å². The van der Waals surface area contributed by atoms with Crippen molar-refractivity contribution < 1.29 is 32.3 Å². The van der Waals surface area contributed by atoms with Gasteiger partial charge in [0.05, 0.1) is 47.3 Å². The summed E-state index contributed by atoms with van der Waals surface area (Å²) in [6, 6.07) is 12.9. The summed E-state index contributed by atoms with van der Waals surface area (Å²) >= 11 is 0.909. The fourth-order valence-corrected chi connectivity index (χ4v) is 5.59. The minimum absolute atomic E-state index is 0.0530. The maximum atomic E-state index is 13.7. The van der Waals surface area contributed by atoms with Gasteiger partial charge in [-0.2, -0.15) is 18.4 Å². The van der Waals surface area contributed by atoms with Gasteiger partial charge in [-0.3, -0.25) is 19.3 Å². The van der Waals surface area contributed by atoms with E-state index in [-0.39, 0.29) is 34.0 Å². The molecule has 12 heteroatoms. The number of methoxy groups -OCH3 is 1. The first-order valence-corrected chi connectivity index (χ1v) is 12.1. The van der Waals surface area contributed by atoms with Gasteiger partial charge in [0.2, 0.25) is 5.91 Å². The summed E-state index contributed by atoms with van der Waals surface area (Å²) in [5.74, 6) is -3.39. The van der Waals surface area contributed by atoms with Crippen molar-refractivity contribution in [2.24, 2.45) is 5.73 Å². The van der Waals surface area contributed by atoms with Crippen molar-refractivity contribution in [1.82, 2.24) is 4.90 Å². The summed E-state index contributed by atoms with van der Waals surface area (Å²) < 4.78 is 44.3. The van der Waals surface area contributed by atoms with E-state index in [4.69, 9.17) is 5.73 Å². The Morgan fingerprint density at radius 3 is 2.47 bits per heavy atom. The highest BCUT2D eigenvalue weighted by Gasteiger charge is 2.48. The minimum Gasteiger partial charge on any atom is -0.469 e. The monoisotopic (exact) mass is 542 g/mol. The average Bonchev–Trinajstić information content (AvgIpc) is 3.18. The Hall–Kier alpha value is -4.24. The molecule has 2 atom stereocenters. The Bertz CT molecular complexity index is 1430. The second kappa shape index (κ2) is 10.3. The number of nitriles is 1. The van der Waals surface area contributed by atoms with E-state index in [2.05, 4.69) is 10.1 Å². The first-order valence-electron chi connectivity index (χ1n) is 11.2. The van der Waals surface area contributed by atoms with Crippen molar-refractivity contribution in [1.29, 1.82) is 5.26 Å². The minimum atomic E-state index is -4.59. The summed E-state index contributed by atoms with van der Waals surface area (Å²) in [7, 11) is 1.17. The molecule has 2 aliphatic rings. The molecule has 2 amide bonds. The number of aryl methyl sites for hydroxylation is 1. The Morgan fingerprint density at radius 1 is 1.21 bits per heavy atom. The second-order valence-corrected chi connectivity index (χ2v) is 9.76. The number of nitrogens with one attached hydrogen (secondary N) is 1. The van der Waals surface area contributed by atoms with E-state index in [1.165, 1.54) is 19.2 Å². The molecular formula is C26H21F3N4O4S. The number of esters is 1. The average molecular weight is 543 g/mol. The van der Waals surface area contributed by atoms with Gasteiger partial charge in [-0.25, -0.2) is 0 Å². The van der Waals surface area contributed by atoms with Gasteiger partial charge in [0, 0.05) is 5.69 Å². The third kappa shape index (κ3) is 4.97. The first kappa shape index (κ1) is 26.8. The van der Waals surface area contributed by atoms with E-state index in [0.29, 0.717) is 5.69 Å². The van der Waals surface area contributed by atoms with E-state index in [9.17, 15) is 32.8 Å². The lowest BCUT2D eigenvalue weighted by Gasteiger charge is -2.32. The number of alkyl halides is 3. The molecule has 0 bridgehead atoms. The summed E-state index contributed by atoms with van der Waals surface area (Å²) in [4.78, 5) is 39.9. The number of fused-ring (bicyclic) bond motifs is 1. The van der Waals surface area contributed by atoms with Crippen molar-refractivity contribution >= 4 is 35.2 Å². The van der Waals surface area contributed by atoms with Crippen molar-refractivity contribution in [3.8, 4) is 6.07 Å². The summed E-state index contributed by atoms with van der Waals surface area (Å²) in [5, 5.41) is 11.9. The number of halogens is 3. The van der Waals surface area contributed by atoms with Gasteiger partial charge < -0.3 is 15.8 Å². The largest absolute Gasteiger partial charge is 0.469 e. The smallest absolute Gasteiger partial charge is 0.416 e. The molecule has 0 aromatic heterocycles. The van der Waals surface area contributed by atoms with Crippen molar-refractivity contribution in [3.63, 3.8) is 0 Å². The zero-order valence-corrected chi connectivity index (χ0v) is 20.9. The molecule has 2 heterocycles. The molecule has 2 aromatic rings. The van der Waals surface area contributed by atoms with Crippen LogP contribution < -0.4 is 11.1 Å². The molecule has 0 saturated carbocycles. The molecule has 8 nitrogen and oxygen atoms in total. The SMILES string of the molecule is COC(=O)C[C@@H]1SC2=C(C(=O)Nc3cccc(C)c3)[C@H](c3ccc(C(F)(F)F)cc3)C(C#N)=C(N)N2C1=O. The predicted octanol–water partition coefficient (Wildman–Crippen LogP) is 4.16. The first-order chi connectivity index (χ1) is 18.0. The molecule has 38 heavy (non-hydrogen) atoms. The molecule has 196 valence electrons. The molecule has 4 rings (SSSR count). The summed E-state index contributed by atoms with van der Waals surface area (Å²) in [5.41, 5.74) is 6.58. The Labute approximate surface area is 219 Å². The number of carbonyl (C=O) groups is 3. The number of amides is 2. The highest BCUT2D eigenvalue weighted by atomic mass is 32.2. The van der Waals surface area contributed by atoms with E-state index < -0.39 is 40.7 Å². The van der Waals surface area contributed by atoms with Crippen LogP contribution in [-0.4, -0.2) is 35.0 Å². The van der Waals surface area contributed by atoms with Gasteiger partial charge >= 0.3 is 12.1 Å². The predicted molar refractivity (Wildman–Crippen MR) is 133 cm³/mol. The number of hydrogen-bond acceptors (Lipinski definition) is 7. The number of nitrogens with zero attached hydrogens (tertiary/aromatic N) is 2. The molecule has 0 radical (unpaired) electrons. The fourth-order valence-electron chi connectivity index (χ4n) is 4.26. The zero-order valence-electron chi connectivity index (χ0n) is 20.1. The van der Waals surface area contributed by atoms with Crippen LogP contribution >= 0.6 is 11.8 Å². The number of carbonyl (C=O) groups excluding carboxylic acids is 3. The van der Waals surface area contributed by atoms with Crippen LogP contribution in [-0.2, 0) is 25.3 Å². The number of ether oxygens (including phenoxy) is 1. The van der Waals surface area contributed by atoms with Crippen LogP contribution in [0.5, 0.6) is 0 Å². The van der Waals surface area contributed by atoms with Crippen molar-refractivity contribution in [2.75, 3.05) is 12.4 Å². The van der Waals surface area contributed by atoms with E-state index in [0.717, 1.165) is 34.4 Å². The topological polar surface area (TPSA) is 126 Å². The Balaban J connectivity index is 1.88. The van der Waals surface area contributed by atoms with Gasteiger partial charge in [-0.15, -0.1) is 0 Å².